The zero-order chi connectivity index (χ0) is 27.2. The van der Waals surface area contributed by atoms with E-state index in [0.717, 1.165) is 73.6 Å². The van der Waals surface area contributed by atoms with E-state index < -0.39 is 17.6 Å². The Labute approximate surface area is 230 Å². The third kappa shape index (κ3) is 2.94. The van der Waals surface area contributed by atoms with Gasteiger partial charge in [0, 0.05) is 39.5 Å². The number of nitrogens with one attached hydrogen (secondary N) is 1. The highest BCUT2D eigenvalue weighted by atomic mass is 17.2. The molecule has 2 aliphatic heterocycles. The van der Waals surface area contributed by atoms with Gasteiger partial charge in [-0.15, -0.1) is 0 Å². The summed E-state index contributed by atoms with van der Waals surface area (Å²) < 4.78 is 11.3. The Balaban J connectivity index is 1.41. The second-order valence-electron chi connectivity index (χ2n) is 11.5. The van der Waals surface area contributed by atoms with Crippen LogP contribution in [0, 0.1) is 0 Å². The number of rotatable bonds is 8. The van der Waals surface area contributed by atoms with E-state index in [9.17, 15) is 10.2 Å². The Morgan fingerprint density at radius 2 is 1.68 bits per heavy atom. The van der Waals surface area contributed by atoms with Crippen molar-refractivity contribution >= 4 is 54.4 Å². The molecule has 0 amide bonds. The summed E-state index contributed by atoms with van der Waals surface area (Å²) in [5.74, 6) is 0.152. The van der Waals surface area contributed by atoms with Crippen LogP contribution in [-0.4, -0.2) is 43.1 Å². The maximum Gasteiger partial charge on any atom is 0.197 e. The Bertz CT molecular complexity index is 1950. The topological polar surface area (TPSA) is 93.8 Å². The minimum atomic E-state index is -1.37. The van der Waals surface area contributed by atoms with Crippen LogP contribution in [0.1, 0.15) is 52.2 Å². The van der Waals surface area contributed by atoms with E-state index in [0.29, 0.717) is 13.0 Å². The number of fused-ring (bicyclic) bond motifs is 13. The molecule has 2 aliphatic rings. The maximum atomic E-state index is 12.4. The van der Waals surface area contributed by atoms with E-state index in [-0.39, 0.29) is 12.5 Å². The van der Waals surface area contributed by atoms with Gasteiger partial charge in [0.25, 0.3) is 0 Å². The third-order valence-electron chi connectivity index (χ3n) is 9.31. The second-order valence-corrected chi connectivity index (χ2v) is 11.5. The van der Waals surface area contributed by atoms with Crippen molar-refractivity contribution in [2.24, 2.45) is 0 Å². The van der Waals surface area contributed by atoms with E-state index in [1.54, 1.807) is 0 Å². The fourth-order valence-electron chi connectivity index (χ4n) is 7.37. The van der Waals surface area contributed by atoms with Gasteiger partial charge in [0.15, 0.2) is 11.6 Å². The molecular weight excluding hydrogens is 506 g/mol. The Hall–Kier alpha value is -3.56. The lowest BCUT2D eigenvalue weighted by molar-refractivity contribution is -0.331. The van der Waals surface area contributed by atoms with E-state index >= 15 is 0 Å². The van der Waals surface area contributed by atoms with Gasteiger partial charge in [-0.2, -0.15) is 0 Å². The summed E-state index contributed by atoms with van der Waals surface area (Å²) in [5.41, 5.74) is 1.40. The average molecular weight is 540 g/mol. The number of nitrogens with zero attached hydrogens (tertiary/aromatic N) is 2. The molecular formula is C32H33N3O5. The van der Waals surface area contributed by atoms with Gasteiger partial charge in [0.2, 0.25) is 0 Å². The Morgan fingerprint density at radius 3 is 2.48 bits per heavy atom. The number of hydrogen-bond donors (Lipinski definition) is 3. The number of para-hydroxylation sites is 2. The molecule has 3 N–H and O–H groups in total. The lowest BCUT2D eigenvalue weighted by Gasteiger charge is -2.39. The normalized spacial score (nSPS) is 24.0. The van der Waals surface area contributed by atoms with Crippen molar-refractivity contribution in [3.63, 3.8) is 0 Å². The predicted molar refractivity (Wildman–Crippen MR) is 155 cm³/mol. The summed E-state index contributed by atoms with van der Waals surface area (Å²) in [6.45, 7) is 4.61. The van der Waals surface area contributed by atoms with Crippen molar-refractivity contribution in [2.75, 3.05) is 13.2 Å². The standard InChI is InChI=1S/C32H33N3O5/c1-3-4-5-10-15-38-39-18-32(37)16-24-34-22-13-8-6-11-19(22)26-27-21(17-33-30(27)36)25-20-12-7-9-14-23(20)35(29(25)28(26)34)31(32,2)40-24/h6-9,11-14,17,24,33,36-37H,3-5,10,15-16,18H2,1-2H3/t24?,31-,32?/m1/s1. The molecule has 3 aromatic carbocycles. The van der Waals surface area contributed by atoms with E-state index in [1.165, 1.54) is 6.42 Å². The number of unbranched alkanes of at least 4 members (excludes halogenated alkanes) is 3. The SMILES string of the molecule is CCCCCCOOCC1(O)CC2O[C@@]1(C)n1c3ccccc3c3c4c[nH]c(O)c4c4c5ccccc5n2c4c31. The minimum Gasteiger partial charge on any atom is -0.494 e. The Kier molecular flexibility index (Phi) is 5.14. The van der Waals surface area contributed by atoms with Crippen LogP contribution in [-0.2, 0) is 20.2 Å². The van der Waals surface area contributed by atoms with Crippen LogP contribution in [0.25, 0.3) is 54.4 Å². The largest absolute Gasteiger partial charge is 0.494 e. The highest BCUT2D eigenvalue weighted by molar-refractivity contribution is 6.37. The molecule has 2 bridgehead atoms. The molecule has 6 aromatic rings. The first-order valence-corrected chi connectivity index (χ1v) is 14.3. The van der Waals surface area contributed by atoms with Gasteiger partial charge in [-0.1, -0.05) is 62.6 Å². The molecule has 1 fully saturated rings. The summed E-state index contributed by atoms with van der Waals surface area (Å²) in [4.78, 5) is 14.3. The van der Waals surface area contributed by atoms with Gasteiger partial charge in [0.05, 0.1) is 34.1 Å². The first-order valence-electron chi connectivity index (χ1n) is 14.3. The summed E-state index contributed by atoms with van der Waals surface area (Å²) >= 11 is 0. The number of ether oxygens (including phenoxy) is 1. The van der Waals surface area contributed by atoms with Crippen molar-refractivity contribution in [1.82, 2.24) is 14.1 Å². The van der Waals surface area contributed by atoms with Gasteiger partial charge in [-0.25, -0.2) is 9.78 Å². The quantitative estimate of drug-likeness (QED) is 0.111. The molecule has 8 heteroatoms. The predicted octanol–water partition coefficient (Wildman–Crippen LogP) is 6.95. The molecule has 3 aromatic heterocycles. The fourth-order valence-corrected chi connectivity index (χ4v) is 7.37. The lowest BCUT2D eigenvalue weighted by Crippen LogP contribution is -2.53. The summed E-state index contributed by atoms with van der Waals surface area (Å²) in [7, 11) is 0. The van der Waals surface area contributed by atoms with Crippen molar-refractivity contribution in [3.05, 3.63) is 54.7 Å². The Morgan fingerprint density at radius 1 is 0.925 bits per heavy atom. The molecule has 206 valence electrons. The van der Waals surface area contributed by atoms with E-state index in [4.69, 9.17) is 14.5 Å². The number of H-pyrrole nitrogens is 1. The second kappa shape index (κ2) is 8.47. The van der Waals surface area contributed by atoms with E-state index in [2.05, 4.69) is 45.3 Å². The van der Waals surface area contributed by atoms with Crippen LogP contribution in [0.5, 0.6) is 5.88 Å². The number of hydrogen-bond acceptors (Lipinski definition) is 5. The molecule has 40 heavy (non-hydrogen) atoms. The number of aromatic hydroxyl groups is 1. The summed E-state index contributed by atoms with van der Waals surface area (Å²) in [6.07, 6.45) is 6.10. The van der Waals surface area contributed by atoms with Gasteiger partial charge in [-0.3, -0.25) is 0 Å². The molecule has 8 nitrogen and oxygen atoms in total. The van der Waals surface area contributed by atoms with Gasteiger partial charge in [0.1, 0.15) is 18.4 Å². The van der Waals surface area contributed by atoms with Crippen LogP contribution in [0.15, 0.2) is 54.7 Å². The number of benzene rings is 3. The zero-order valence-corrected chi connectivity index (χ0v) is 22.7. The van der Waals surface area contributed by atoms with Crippen LogP contribution in [0.4, 0.5) is 0 Å². The van der Waals surface area contributed by atoms with Crippen molar-refractivity contribution in [3.8, 4) is 5.88 Å². The van der Waals surface area contributed by atoms with Crippen LogP contribution < -0.4 is 0 Å². The minimum absolute atomic E-state index is 0.0212. The highest BCUT2D eigenvalue weighted by Gasteiger charge is 2.61. The lowest BCUT2D eigenvalue weighted by atomic mass is 9.89. The third-order valence-corrected chi connectivity index (χ3v) is 9.31. The molecule has 0 spiro atoms. The maximum absolute atomic E-state index is 12.4. The van der Waals surface area contributed by atoms with Crippen LogP contribution >= 0.6 is 0 Å². The molecule has 5 heterocycles. The average Bonchev–Trinajstić information content (AvgIpc) is 3.65. The summed E-state index contributed by atoms with van der Waals surface area (Å²) in [5, 5.41) is 29.3. The molecule has 2 unspecified atom stereocenters. The first-order chi connectivity index (χ1) is 19.5. The van der Waals surface area contributed by atoms with E-state index in [1.807, 2.05) is 37.4 Å². The summed E-state index contributed by atoms with van der Waals surface area (Å²) in [6, 6.07) is 16.4. The molecule has 3 atom stereocenters. The van der Waals surface area contributed by atoms with Crippen LogP contribution in [0.2, 0.25) is 0 Å². The molecule has 0 saturated carbocycles. The molecule has 8 rings (SSSR count). The zero-order valence-electron chi connectivity index (χ0n) is 22.7. The fraction of sp³-hybridized carbons (Fsp3) is 0.375. The van der Waals surface area contributed by atoms with Crippen molar-refractivity contribution < 1.29 is 24.7 Å². The number of aliphatic hydroxyl groups is 1. The number of aromatic amines is 1. The smallest absolute Gasteiger partial charge is 0.197 e. The first kappa shape index (κ1) is 24.3. The van der Waals surface area contributed by atoms with Gasteiger partial charge < -0.3 is 29.1 Å². The highest BCUT2D eigenvalue weighted by Crippen LogP contribution is 2.58. The van der Waals surface area contributed by atoms with Gasteiger partial charge in [-0.05, 0) is 25.5 Å². The van der Waals surface area contributed by atoms with Crippen LogP contribution in [0.3, 0.4) is 0 Å². The monoisotopic (exact) mass is 539 g/mol. The van der Waals surface area contributed by atoms with Crippen molar-refractivity contribution in [2.45, 2.75) is 63.5 Å². The molecule has 0 radical (unpaired) electrons. The number of aromatic nitrogens is 3. The van der Waals surface area contributed by atoms with Crippen molar-refractivity contribution in [1.29, 1.82) is 0 Å². The molecule has 1 saturated heterocycles. The van der Waals surface area contributed by atoms with Gasteiger partial charge >= 0.3 is 0 Å². The molecule has 0 aliphatic carbocycles.